The van der Waals surface area contributed by atoms with Crippen molar-refractivity contribution in [1.82, 2.24) is 20.2 Å². The van der Waals surface area contributed by atoms with Crippen LogP contribution in [0.1, 0.15) is 40.2 Å². The van der Waals surface area contributed by atoms with E-state index in [1.165, 1.54) is 6.33 Å². The number of nitrogens with zero attached hydrogens (tertiary/aromatic N) is 3. The van der Waals surface area contributed by atoms with E-state index in [1.807, 2.05) is 52.8 Å². The Bertz CT molecular complexity index is 949. The fourth-order valence-electron chi connectivity index (χ4n) is 4.40. The van der Waals surface area contributed by atoms with E-state index in [0.717, 1.165) is 16.5 Å². The van der Waals surface area contributed by atoms with Crippen LogP contribution in [0.3, 0.4) is 0 Å². The lowest BCUT2D eigenvalue weighted by atomic mass is 9.91. The Kier molecular flexibility index (Phi) is 4.52. The van der Waals surface area contributed by atoms with Gasteiger partial charge in [0.25, 0.3) is 0 Å². The van der Waals surface area contributed by atoms with E-state index in [1.54, 1.807) is 11.1 Å². The van der Waals surface area contributed by atoms with Gasteiger partial charge in [-0.2, -0.15) is 0 Å². The number of amides is 2. The fourth-order valence-corrected chi connectivity index (χ4v) is 4.40. The number of hydrogen-bond acceptors (Lipinski definition) is 5. The molecular weight excluding hydrogens is 368 g/mol. The Morgan fingerprint density at radius 3 is 2.48 bits per heavy atom. The molecule has 0 radical (unpaired) electrons. The van der Waals surface area contributed by atoms with Crippen LogP contribution < -0.4 is 5.32 Å². The van der Waals surface area contributed by atoms with Gasteiger partial charge in [0.15, 0.2) is 0 Å². The van der Waals surface area contributed by atoms with Gasteiger partial charge in [-0.3, -0.25) is 4.79 Å². The fraction of sp³-hybridized carbons (Fsp3) is 0.545. The quantitative estimate of drug-likeness (QED) is 0.862. The van der Waals surface area contributed by atoms with Gasteiger partial charge >= 0.3 is 6.09 Å². The molecule has 1 aromatic heterocycles. The molecule has 1 saturated heterocycles. The molecule has 1 saturated carbocycles. The zero-order valence-electron chi connectivity index (χ0n) is 17.6. The average molecular weight is 396 g/mol. The summed E-state index contributed by atoms with van der Waals surface area (Å²) in [6, 6.07) is 5.89. The third-order valence-electron chi connectivity index (χ3n) is 5.81. The molecule has 4 rings (SSSR count). The first-order valence-electron chi connectivity index (χ1n) is 10.1. The Balaban J connectivity index is 1.41. The molecule has 1 N–H and O–H groups in total. The lowest BCUT2D eigenvalue weighted by Gasteiger charge is -2.29. The number of carbonyl (C=O) groups excluding carboxylic acids is 2. The summed E-state index contributed by atoms with van der Waals surface area (Å²) >= 11 is 0. The molecular formula is C22H28N4O3. The summed E-state index contributed by atoms with van der Waals surface area (Å²) in [5.74, 6) is 0.435. The predicted octanol–water partition coefficient (Wildman–Crippen LogP) is 3.09. The second-order valence-corrected chi connectivity index (χ2v) is 9.61. The monoisotopic (exact) mass is 396 g/mol. The number of ether oxygens (including phenoxy) is 1. The highest BCUT2D eigenvalue weighted by molar-refractivity contribution is 5.86. The summed E-state index contributed by atoms with van der Waals surface area (Å²) < 4.78 is 5.44. The van der Waals surface area contributed by atoms with Gasteiger partial charge in [0.1, 0.15) is 11.9 Å². The van der Waals surface area contributed by atoms with Crippen LogP contribution in [-0.4, -0.2) is 45.6 Å². The maximum Gasteiger partial charge on any atom is 0.410 e. The zero-order chi connectivity index (χ0) is 21.0. The van der Waals surface area contributed by atoms with Crippen molar-refractivity contribution in [3.05, 3.63) is 36.3 Å². The van der Waals surface area contributed by atoms with Crippen LogP contribution in [0, 0.1) is 17.8 Å². The summed E-state index contributed by atoms with van der Waals surface area (Å²) in [5, 5.41) is 4.15. The first-order chi connectivity index (χ1) is 13.6. The largest absolute Gasteiger partial charge is 0.444 e. The second kappa shape index (κ2) is 6.68. The van der Waals surface area contributed by atoms with E-state index in [9.17, 15) is 9.59 Å². The minimum absolute atomic E-state index is 0.0424. The molecule has 1 aliphatic heterocycles. The van der Waals surface area contributed by atoms with Crippen LogP contribution in [-0.2, 0) is 15.1 Å². The number of benzene rings is 1. The minimum Gasteiger partial charge on any atom is -0.444 e. The van der Waals surface area contributed by atoms with E-state index in [-0.39, 0.29) is 29.8 Å². The minimum atomic E-state index is -0.553. The average Bonchev–Trinajstić information content (AvgIpc) is 3.13. The van der Waals surface area contributed by atoms with E-state index < -0.39 is 11.1 Å². The van der Waals surface area contributed by atoms with Gasteiger partial charge in [0.2, 0.25) is 5.91 Å². The van der Waals surface area contributed by atoms with Crippen molar-refractivity contribution < 1.29 is 14.3 Å². The number of hydrogen-bond donors (Lipinski definition) is 1. The number of nitrogens with one attached hydrogen (secondary N) is 1. The number of carbonyl (C=O) groups is 2. The normalized spacial score (nSPS) is 23.6. The third kappa shape index (κ3) is 3.78. The summed E-state index contributed by atoms with van der Waals surface area (Å²) in [5.41, 5.74) is 0.789. The Morgan fingerprint density at radius 1 is 1.14 bits per heavy atom. The molecule has 0 bridgehead atoms. The van der Waals surface area contributed by atoms with Gasteiger partial charge in [-0.25, -0.2) is 14.8 Å². The number of aromatic nitrogens is 2. The molecule has 1 aromatic carbocycles. The highest BCUT2D eigenvalue weighted by Crippen LogP contribution is 2.52. The first kappa shape index (κ1) is 19.6. The summed E-state index contributed by atoms with van der Waals surface area (Å²) in [6.07, 6.45) is 3.02. The van der Waals surface area contributed by atoms with Crippen LogP contribution >= 0.6 is 0 Å². The maximum atomic E-state index is 13.0. The molecule has 29 heavy (non-hydrogen) atoms. The van der Waals surface area contributed by atoms with Crippen molar-refractivity contribution in [2.45, 2.75) is 45.8 Å². The highest BCUT2D eigenvalue weighted by Gasteiger charge is 2.61. The van der Waals surface area contributed by atoms with Crippen molar-refractivity contribution in [1.29, 1.82) is 0 Å². The maximum absolute atomic E-state index is 13.0. The van der Waals surface area contributed by atoms with Crippen LogP contribution in [0.4, 0.5) is 4.79 Å². The van der Waals surface area contributed by atoms with Crippen LogP contribution in [0.2, 0.25) is 0 Å². The zero-order valence-corrected chi connectivity index (χ0v) is 17.6. The Labute approximate surface area is 170 Å². The lowest BCUT2D eigenvalue weighted by molar-refractivity contribution is -0.125. The molecule has 0 spiro atoms. The van der Waals surface area contributed by atoms with Gasteiger partial charge in [-0.15, -0.1) is 0 Å². The molecule has 3 atom stereocenters. The van der Waals surface area contributed by atoms with Crippen molar-refractivity contribution >= 4 is 22.9 Å². The molecule has 1 aliphatic carbocycles. The standard InChI is InChI=1S/C22H28N4O3/c1-21(2,3)29-20(28)26-10-14-15(11-26)18(14)19(27)25-22(4,5)16-7-6-8-17-13(16)9-23-12-24-17/h6-9,12,14-15,18H,10-11H2,1-5H3,(H,25,27)/t14-,15+,18+. The van der Waals surface area contributed by atoms with E-state index in [2.05, 4.69) is 15.3 Å². The molecule has 2 heterocycles. The first-order valence-corrected chi connectivity index (χ1v) is 10.1. The van der Waals surface area contributed by atoms with Gasteiger partial charge in [0.05, 0.1) is 11.1 Å². The van der Waals surface area contributed by atoms with Gasteiger partial charge in [-0.05, 0) is 58.1 Å². The van der Waals surface area contributed by atoms with Crippen LogP contribution in [0.15, 0.2) is 30.7 Å². The predicted molar refractivity (Wildman–Crippen MR) is 109 cm³/mol. The number of rotatable bonds is 3. The van der Waals surface area contributed by atoms with Gasteiger partial charge < -0.3 is 15.0 Å². The van der Waals surface area contributed by atoms with E-state index in [4.69, 9.17) is 4.74 Å². The molecule has 2 amide bonds. The van der Waals surface area contributed by atoms with Crippen molar-refractivity contribution in [3.63, 3.8) is 0 Å². The summed E-state index contributed by atoms with van der Waals surface area (Å²) in [4.78, 5) is 35.4. The number of likely N-dealkylation sites (tertiary alicyclic amines) is 1. The smallest absolute Gasteiger partial charge is 0.410 e. The molecule has 0 unspecified atom stereocenters. The van der Waals surface area contributed by atoms with Crippen molar-refractivity contribution in [3.8, 4) is 0 Å². The van der Waals surface area contributed by atoms with E-state index >= 15 is 0 Å². The van der Waals surface area contributed by atoms with Crippen LogP contribution in [0.25, 0.3) is 10.9 Å². The van der Waals surface area contributed by atoms with Gasteiger partial charge in [-0.1, -0.05) is 12.1 Å². The molecule has 2 aromatic rings. The van der Waals surface area contributed by atoms with Crippen molar-refractivity contribution in [2.75, 3.05) is 13.1 Å². The Hall–Kier alpha value is -2.70. The number of piperidine rings is 1. The molecule has 2 aliphatic rings. The topological polar surface area (TPSA) is 84.4 Å². The van der Waals surface area contributed by atoms with E-state index in [0.29, 0.717) is 13.1 Å². The van der Waals surface area contributed by atoms with Crippen molar-refractivity contribution in [2.24, 2.45) is 17.8 Å². The highest BCUT2D eigenvalue weighted by atomic mass is 16.6. The second-order valence-electron chi connectivity index (χ2n) is 9.61. The molecule has 2 fully saturated rings. The van der Waals surface area contributed by atoms with Crippen LogP contribution in [0.5, 0.6) is 0 Å². The SMILES string of the molecule is CC(C)(C)OC(=O)N1C[C@@H]2[C@H](C1)[C@H]2C(=O)NC(C)(C)c1cccc2ncncc12. The molecule has 7 heteroatoms. The Morgan fingerprint density at radius 2 is 1.83 bits per heavy atom. The molecule has 154 valence electrons. The number of fused-ring (bicyclic) bond motifs is 2. The summed E-state index contributed by atoms with van der Waals surface area (Å²) in [7, 11) is 0. The van der Waals surface area contributed by atoms with Gasteiger partial charge in [0, 0.05) is 30.6 Å². The molecule has 7 nitrogen and oxygen atoms in total. The third-order valence-corrected chi connectivity index (χ3v) is 5.81. The summed E-state index contributed by atoms with van der Waals surface area (Å²) in [6.45, 7) is 10.7. The lowest BCUT2D eigenvalue weighted by Crippen LogP contribution is -2.44.